The van der Waals surface area contributed by atoms with Crippen LogP contribution in [0.1, 0.15) is 10.4 Å². The molecule has 0 amide bonds. The zero-order valence-electron chi connectivity index (χ0n) is 7.11. The van der Waals surface area contributed by atoms with E-state index in [0.29, 0.717) is 11.4 Å². The van der Waals surface area contributed by atoms with Crippen LogP contribution in [0.5, 0.6) is 0 Å². The van der Waals surface area contributed by atoms with E-state index in [9.17, 15) is 4.79 Å². The van der Waals surface area contributed by atoms with Crippen molar-refractivity contribution in [1.29, 1.82) is 0 Å². The van der Waals surface area contributed by atoms with Crippen LogP contribution in [0.4, 0.5) is 5.69 Å². The van der Waals surface area contributed by atoms with Crippen LogP contribution in [-0.4, -0.2) is 11.1 Å². The van der Waals surface area contributed by atoms with Crippen LogP contribution in [0.3, 0.4) is 0 Å². The number of rotatable bonds is 2. The number of carboxylic acid groups (broad SMARTS) is 1. The van der Waals surface area contributed by atoms with Crippen molar-refractivity contribution in [2.45, 2.75) is 0 Å². The molecule has 0 aliphatic carbocycles. The molecular formula is C7H7NO2. The third-order valence-corrected chi connectivity index (χ3v) is 1.11. The Morgan fingerprint density at radius 1 is 1.50 bits per heavy atom. The van der Waals surface area contributed by atoms with Crippen molar-refractivity contribution in [3.63, 3.8) is 0 Å². The molecule has 3 nitrogen and oxygen atoms in total. The molecule has 0 fully saturated rings. The van der Waals surface area contributed by atoms with E-state index < -0.39 is 5.97 Å². The van der Waals surface area contributed by atoms with Crippen LogP contribution < -0.4 is 5.72 Å². The molecule has 10 heavy (non-hydrogen) atoms. The smallest absolute Gasteiger partial charge is 0.335 e. The highest BCUT2D eigenvalue weighted by atomic mass is 16.4. The van der Waals surface area contributed by atoms with Crippen LogP contribution in [0.25, 0.3) is 0 Å². The Morgan fingerprint density at radius 3 is 2.50 bits per heavy atom. The van der Waals surface area contributed by atoms with Crippen molar-refractivity contribution in [3.8, 4) is 0 Å². The zero-order valence-corrected chi connectivity index (χ0v) is 5.11. The van der Waals surface area contributed by atoms with Crippen molar-refractivity contribution < 1.29 is 12.7 Å². The van der Waals surface area contributed by atoms with Crippen molar-refractivity contribution in [2.75, 3.05) is 5.72 Å². The lowest BCUT2D eigenvalue weighted by atomic mass is 10.2. The maximum absolute atomic E-state index is 10.4. The van der Waals surface area contributed by atoms with Gasteiger partial charge in [0.25, 0.3) is 0 Å². The fourth-order valence-corrected chi connectivity index (χ4v) is 0.604. The molecule has 0 atom stereocenters. The minimum absolute atomic E-state index is 0.153. The summed E-state index contributed by atoms with van der Waals surface area (Å²) < 4.78 is 13.7. The lowest BCUT2D eigenvalue weighted by molar-refractivity contribution is 0.0697. The summed E-state index contributed by atoms with van der Waals surface area (Å²) in [6.07, 6.45) is 0. The molecule has 1 aromatic rings. The van der Waals surface area contributed by atoms with Gasteiger partial charge in [-0.05, 0) is 24.3 Å². The SMILES string of the molecule is [2H]N([2H])c1ccc(C(=O)O)cc1. The van der Waals surface area contributed by atoms with Gasteiger partial charge in [0.15, 0.2) is 2.82 Å². The predicted octanol–water partition coefficient (Wildman–Crippen LogP) is 0.967. The number of hydrogen-bond acceptors (Lipinski definition) is 2. The highest BCUT2D eigenvalue weighted by Gasteiger charge is 1.98. The number of carbonyl (C=O) groups is 1. The molecule has 0 aromatic heterocycles. The molecule has 52 valence electrons. The van der Waals surface area contributed by atoms with E-state index in [4.69, 9.17) is 7.93 Å². The Morgan fingerprint density at radius 2 is 2.10 bits per heavy atom. The summed E-state index contributed by atoms with van der Waals surface area (Å²) in [6, 6.07) is 5.52. The highest BCUT2D eigenvalue weighted by Crippen LogP contribution is 2.04. The van der Waals surface area contributed by atoms with Gasteiger partial charge < -0.3 is 10.8 Å². The lowest BCUT2D eigenvalue weighted by Crippen LogP contribution is -1.95. The van der Waals surface area contributed by atoms with Gasteiger partial charge in [0, 0.05) is 5.69 Å². The molecule has 1 aromatic carbocycles. The number of carboxylic acids is 1. The minimum atomic E-state index is -1.01. The number of hydrogen-bond donors (Lipinski definition) is 2. The van der Waals surface area contributed by atoms with Gasteiger partial charge in [-0.15, -0.1) is 0 Å². The summed E-state index contributed by atoms with van der Waals surface area (Å²) in [5, 5.41) is 8.51. The van der Waals surface area contributed by atoms with E-state index in [0.717, 1.165) is 0 Å². The van der Waals surface area contributed by atoms with E-state index in [1.54, 1.807) is 0 Å². The van der Waals surface area contributed by atoms with E-state index in [-0.39, 0.29) is 5.56 Å². The van der Waals surface area contributed by atoms with Gasteiger partial charge in [0.1, 0.15) is 0 Å². The number of benzene rings is 1. The molecule has 0 aliphatic heterocycles. The molecule has 0 heterocycles. The Balaban J connectivity index is 2.93. The molecule has 0 saturated heterocycles. The molecule has 0 bridgehead atoms. The first-order valence-electron chi connectivity index (χ1n) is 3.62. The van der Waals surface area contributed by atoms with Crippen LogP contribution >= 0.6 is 0 Å². The third-order valence-electron chi connectivity index (χ3n) is 1.11. The van der Waals surface area contributed by atoms with Crippen molar-refractivity contribution >= 4 is 11.7 Å². The van der Waals surface area contributed by atoms with Crippen molar-refractivity contribution in [3.05, 3.63) is 29.8 Å². The summed E-state index contributed by atoms with van der Waals surface area (Å²) in [6.45, 7) is 0. The molecule has 0 aliphatic rings. The van der Waals surface area contributed by atoms with Gasteiger partial charge in [0.2, 0.25) is 0 Å². The largest absolute Gasteiger partial charge is 0.478 e. The van der Waals surface area contributed by atoms with Crippen LogP contribution in [-0.2, 0) is 0 Å². The van der Waals surface area contributed by atoms with Gasteiger partial charge in [-0.2, -0.15) is 0 Å². The summed E-state index contributed by atoms with van der Waals surface area (Å²) in [5.41, 5.74) is 0.909. The van der Waals surface area contributed by atoms with Gasteiger partial charge in [-0.25, -0.2) is 4.79 Å². The van der Waals surface area contributed by atoms with Crippen molar-refractivity contribution in [1.82, 2.24) is 0 Å². The Hall–Kier alpha value is -1.51. The maximum atomic E-state index is 10.4. The van der Waals surface area contributed by atoms with E-state index in [1.807, 2.05) is 0 Å². The van der Waals surface area contributed by atoms with Crippen LogP contribution in [0, 0.1) is 0 Å². The van der Waals surface area contributed by atoms with E-state index in [1.165, 1.54) is 24.3 Å². The predicted molar refractivity (Wildman–Crippen MR) is 37.8 cm³/mol. The first-order chi connectivity index (χ1) is 5.61. The third kappa shape index (κ3) is 1.25. The molecule has 0 saturated carbocycles. The van der Waals surface area contributed by atoms with Gasteiger partial charge in [-0.1, -0.05) is 0 Å². The number of anilines is 1. The van der Waals surface area contributed by atoms with Crippen LogP contribution in [0.15, 0.2) is 24.3 Å². The monoisotopic (exact) mass is 139 g/mol. The number of aromatic carboxylic acids is 1. The van der Waals surface area contributed by atoms with E-state index >= 15 is 0 Å². The van der Waals surface area contributed by atoms with Gasteiger partial charge in [-0.3, -0.25) is 0 Å². The summed E-state index contributed by atoms with van der Waals surface area (Å²) >= 11 is 0. The average molecular weight is 139 g/mol. The van der Waals surface area contributed by atoms with Gasteiger partial charge >= 0.3 is 5.97 Å². The number of nitrogens with two attached hydrogens (primary N) is 1. The molecule has 0 spiro atoms. The lowest BCUT2D eigenvalue weighted by Gasteiger charge is -1.93. The second-order valence-electron chi connectivity index (χ2n) is 1.85. The first-order valence-corrected chi connectivity index (χ1v) is 2.72. The Kier molecular flexibility index (Phi) is 1.03. The zero-order chi connectivity index (χ0) is 9.14. The Labute approximate surface area is 61.0 Å². The maximum Gasteiger partial charge on any atom is 0.335 e. The fourth-order valence-electron chi connectivity index (χ4n) is 0.604. The second-order valence-corrected chi connectivity index (χ2v) is 1.85. The van der Waals surface area contributed by atoms with Crippen LogP contribution in [0.2, 0.25) is 2.82 Å². The molecule has 1 rings (SSSR count). The highest BCUT2D eigenvalue weighted by molar-refractivity contribution is 5.87. The average Bonchev–Trinajstić information content (AvgIpc) is 2.04. The molecule has 3 N–H and O–H groups in total. The quantitative estimate of drug-likeness (QED) is 0.600. The first kappa shape index (κ1) is 4.33. The molecule has 0 unspecified atom stereocenters. The van der Waals surface area contributed by atoms with Gasteiger partial charge in [0.05, 0.1) is 5.56 Å². The number of nitrogen functional groups attached to an aromatic ring is 1. The standard InChI is InChI=1S/C7H7NO2/c8-6-3-1-5(2-4-6)7(9)10/h1-4H,8H2,(H,9,10)/i/hD2. The normalized spacial score (nSPS) is 11.6. The summed E-state index contributed by atoms with van der Waals surface area (Å²) in [5.74, 6) is -1.01. The molecule has 0 radical (unpaired) electrons. The second kappa shape index (κ2) is 2.39. The molecular weight excluding hydrogens is 130 g/mol. The van der Waals surface area contributed by atoms with Crippen molar-refractivity contribution in [2.24, 2.45) is 0 Å². The van der Waals surface area contributed by atoms with E-state index in [2.05, 4.69) is 0 Å². The Bertz CT molecular complexity index is 284. The minimum Gasteiger partial charge on any atom is -0.478 e. The summed E-state index contributed by atoms with van der Waals surface area (Å²) in [4.78, 5) is 10.4. The summed E-state index contributed by atoms with van der Waals surface area (Å²) in [7, 11) is 0. The molecule has 3 heteroatoms. The topological polar surface area (TPSA) is 63.3 Å². The fraction of sp³-hybridized carbons (Fsp3) is 0.